The van der Waals surface area contributed by atoms with Gasteiger partial charge in [-0.05, 0) is 0 Å². The molecule has 0 N–H and O–H groups in total. The predicted molar refractivity (Wildman–Crippen MR) is 32.8 cm³/mol. The van der Waals surface area contributed by atoms with Gasteiger partial charge in [-0.3, -0.25) is 0 Å². The summed E-state index contributed by atoms with van der Waals surface area (Å²) in [6.45, 7) is 0. The molecule has 6 heavy (non-hydrogen) atoms. The average Bonchev–Trinajstić information content (AvgIpc) is 0.722. The minimum atomic E-state index is 0. The molecule has 0 spiro atoms. The second-order valence-corrected chi connectivity index (χ2v) is 1.41. The molecule has 0 nitrogen and oxygen atoms in total. The van der Waals surface area contributed by atoms with Crippen LogP contribution in [-0.4, -0.2) is 59.1 Å². The summed E-state index contributed by atoms with van der Waals surface area (Å²) in [5, 5.41) is 0. The summed E-state index contributed by atoms with van der Waals surface area (Å²) in [5.74, 6) is 0. The van der Waals surface area contributed by atoms with Gasteiger partial charge < -0.3 is 0 Å². The van der Waals surface area contributed by atoms with Gasteiger partial charge in [0.15, 0.2) is 0 Å². The van der Waals surface area contributed by atoms with Crippen LogP contribution in [0.4, 0.5) is 0 Å². The van der Waals surface area contributed by atoms with Crippen molar-refractivity contribution < 1.29 is 0 Å². The van der Waals surface area contributed by atoms with Crippen molar-refractivity contribution in [3.63, 3.8) is 0 Å². The van der Waals surface area contributed by atoms with Crippen molar-refractivity contribution >= 4 is 59.1 Å². The van der Waals surface area contributed by atoms with Gasteiger partial charge in [-0.2, -0.15) is 0 Å². The van der Waals surface area contributed by atoms with Gasteiger partial charge in [0.2, 0.25) is 0 Å². The van der Waals surface area contributed by atoms with E-state index in [0.717, 1.165) is 0 Å². The van der Waals surface area contributed by atoms with Gasteiger partial charge in [-0.1, -0.05) is 25.7 Å². The Morgan fingerprint density at radius 3 is 0.667 bits per heavy atom. The van der Waals surface area contributed by atoms with Crippen LogP contribution in [0, 0.1) is 0 Å². The van der Waals surface area contributed by atoms with Crippen molar-refractivity contribution in [1.29, 1.82) is 0 Å². The van der Waals surface area contributed by atoms with Crippen molar-refractivity contribution in [3.8, 4) is 0 Å². The molecule has 0 amide bonds. The molecule has 0 unspecified atom stereocenters. The first-order valence-electron chi connectivity index (χ1n) is 2.00. The molecule has 0 atom stereocenters. The van der Waals surface area contributed by atoms with Crippen LogP contribution in [0.2, 0.25) is 0 Å². The molecule has 2 heteroatoms. The molecule has 1 aliphatic carbocycles. The van der Waals surface area contributed by atoms with E-state index in [1.807, 2.05) is 0 Å². The maximum atomic E-state index is 1.50. The third-order valence-electron chi connectivity index (χ3n) is 1.000. The fraction of sp³-hybridized carbons (Fsp3) is 1.00. The summed E-state index contributed by atoms with van der Waals surface area (Å²) in [7, 11) is 0. The van der Waals surface area contributed by atoms with Crippen molar-refractivity contribution in [3.05, 3.63) is 0 Å². The van der Waals surface area contributed by atoms with Gasteiger partial charge in [0, 0.05) is 0 Å². The van der Waals surface area contributed by atoms with Gasteiger partial charge >= 0.3 is 59.1 Å². The average molecular weight is 104 g/mol. The molecule has 0 heterocycles. The fourth-order valence-electron chi connectivity index (χ4n) is 0.250. The molecule has 0 aromatic carbocycles. The topological polar surface area (TPSA) is 0 Å². The Morgan fingerprint density at radius 2 is 0.667 bits per heavy atom. The normalized spacial score (nSPS) is 16.0. The second-order valence-electron chi connectivity index (χ2n) is 1.41. The Balaban J connectivity index is 0. The van der Waals surface area contributed by atoms with Crippen LogP contribution in [-0.2, 0) is 0 Å². The number of rotatable bonds is 0. The van der Waals surface area contributed by atoms with Crippen LogP contribution in [0.15, 0.2) is 0 Å². The zero-order chi connectivity index (χ0) is 2.83. The van der Waals surface area contributed by atoms with Gasteiger partial charge in [0.05, 0.1) is 0 Å². The van der Waals surface area contributed by atoms with Crippen LogP contribution in [0.3, 0.4) is 0 Å². The van der Waals surface area contributed by atoms with E-state index in [-0.39, 0.29) is 59.1 Å². The summed E-state index contributed by atoms with van der Waals surface area (Å²) in [6.07, 6.45) is 6.00. The molecule has 0 aliphatic heterocycles. The first-order chi connectivity index (χ1) is 2.00. The van der Waals surface area contributed by atoms with Crippen LogP contribution in [0.1, 0.15) is 25.7 Å². The molecule has 1 fully saturated rings. The predicted octanol–water partition coefficient (Wildman–Crippen LogP) is 0.263. The molecule has 0 bridgehead atoms. The van der Waals surface area contributed by atoms with Crippen LogP contribution in [0.25, 0.3) is 0 Å². The third kappa shape index (κ3) is 4.17. The quantitative estimate of drug-likeness (QED) is 0.387. The monoisotopic (exact) mass is 104 g/mol. The molecule has 1 saturated carbocycles. The van der Waals surface area contributed by atoms with E-state index < -0.39 is 0 Å². The van der Waals surface area contributed by atoms with Crippen molar-refractivity contribution in [1.82, 2.24) is 0 Å². The zero-order valence-corrected chi connectivity index (χ0v) is 2.83. The van der Waals surface area contributed by atoms with E-state index in [0.29, 0.717) is 0 Å². The zero-order valence-electron chi connectivity index (χ0n) is 2.83. The van der Waals surface area contributed by atoms with Gasteiger partial charge in [-0.15, -0.1) is 0 Å². The molecule has 0 aromatic heterocycles. The van der Waals surface area contributed by atoms with E-state index in [1.54, 1.807) is 0 Å². The number of hydrogen-bond donors (Lipinski definition) is 0. The summed E-state index contributed by atoms with van der Waals surface area (Å²) >= 11 is 0. The summed E-state index contributed by atoms with van der Waals surface area (Å²) in [6, 6.07) is 0. The Hall–Kier alpha value is 2.00. The van der Waals surface area contributed by atoms with E-state index >= 15 is 0 Å². The van der Waals surface area contributed by atoms with Crippen LogP contribution in [0.5, 0.6) is 0 Å². The van der Waals surface area contributed by atoms with Crippen LogP contribution >= 0.6 is 0 Å². The van der Waals surface area contributed by atoms with Crippen molar-refractivity contribution in [2.75, 3.05) is 0 Å². The minimum absolute atomic E-state index is 0. The number of hydrogen-bond acceptors (Lipinski definition) is 0. The molecule has 1 aliphatic rings. The van der Waals surface area contributed by atoms with Gasteiger partial charge in [-0.25, -0.2) is 0 Å². The van der Waals surface area contributed by atoms with Gasteiger partial charge in [0.25, 0.3) is 0 Å². The van der Waals surface area contributed by atoms with E-state index in [1.165, 1.54) is 25.7 Å². The molecule has 0 radical (unpaired) electrons. The van der Waals surface area contributed by atoms with Crippen molar-refractivity contribution in [2.45, 2.75) is 25.7 Å². The van der Waals surface area contributed by atoms with Gasteiger partial charge in [0.1, 0.15) is 0 Å². The Kier molecular flexibility index (Phi) is 12.7. The molecule has 0 saturated heterocycles. The van der Waals surface area contributed by atoms with E-state index in [9.17, 15) is 0 Å². The molecular formula is C4H10Na2. The Labute approximate surface area is 83.7 Å². The first-order valence-corrected chi connectivity index (χ1v) is 2.00. The standard InChI is InChI=1S/C4H8.2Na.2H/c1-2-4-3-1;;;;/h1-4H2;;;;. The second kappa shape index (κ2) is 7.00. The molecule has 0 aromatic rings. The molecular weight excluding hydrogens is 94.0 g/mol. The first kappa shape index (κ1) is 10.9. The maximum absolute atomic E-state index is 1.50. The van der Waals surface area contributed by atoms with E-state index in [2.05, 4.69) is 0 Å². The Bertz CT molecular complexity index is 13.5. The summed E-state index contributed by atoms with van der Waals surface area (Å²) in [5.41, 5.74) is 0. The van der Waals surface area contributed by atoms with Crippen LogP contribution < -0.4 is 0 Å². The summed E-state index contributed by atoms with van der Waals surface area (Å²) in [4.78, 5) is 0. The van der Waals surface area contributed by atoms with Crippen molar-refractivity contribution in [2.24, 2.45) is 0 Å². The summed E-state index contributed by atoms with van der Waals surface area (Å²) < 4.78 is 0. The fourth-order valence-corrected chi connectivity index (χ4v) is 0.250. The molecule has 1 rings (SSSR count). The molecule has 28 valence electrons. The SMILES string of the molecule is C1CCC1.[NaH].[NaH]. The van der Waals surface area contributed by atoms with E-state index in [4.69, 9.17) is 0 Å². The Morgan fingerprint density at radius 1 is 0.500 bits per heavy atom. The third-order valence-corrected chi connectivity index (χ3v) is 1.000.